The summed E-state index contributed by atoms with van der Waals surface area (Å²) in [4.78, 5) is 17.5. The zero-order chi connectivity index (χ0) is 22.5. The number of aromatic nitrogens is 2. The predicted octanol–water partition coefficient (Wildman–Crippen LogP) is 3.36. The second-order valence-corrected chi connectivity index (χ2v) is 9.74. The van der Waals surface area contributed by atoms with E-state index in [1.807, 2.05) is 22.8 Å². The molecule has 2 fully saturated rings. The number of benzene rings is 1. The quantitative estimate of drug-likeness (QED) is 0.654. The number of nitrogens with zero attached hydrogens (tertiary/aromatic N) is 4. The van der Waals surface area contributed by atoms with Crippen LogP contribution in [0.1, 0.15) is 49.4 Å². The number of piperidine rings is 2. The second-order valence-electron chi connectivity index (χ2n) is 9.74. The standard InChI is InChI=1S/C26H39N5O/c1-4-31(19-24-15-28-29(3)20(24)2)26(32)12-8-11-25-23-13-22(14-27-25)17-30(18-23)16-21-9-6-5-7-10-21/h5-7,9-10,15,22-23,25,27H,4,8,11-14,16-19H2,1-3H3/t22?,23?,25-/m1/s1. The number of rotatable bonds is 9. The highest BCUT2D eigenvalue weighted by molar-refractivity contribution is 5.76. The molecular formula is C26H39N5O. The SMILES string of the molecule is CCN(Cc1cnn(C)c1C)C(=O)CCC[C@H]1NCC2CC1CN(Cc1ccccc1)C2. The Kier molecular flexibility index (Phi) is 7.63. The molecule has 4 rings (SSSR count). The molecule has 32 heavy (non-hydrogen) atoms. The third kappa shape index (κ3) is 5.59. The topological polar surface area (TPSA) is 53.4 Å². The van der Waals surface area contributed by atoms with Gasteiger partial charge < -0.3 is 10.2 Å². The van der Waals surface area contributed by atoms with E-state index in [-0.39, 0.29) is 5.91 Å². The molecule has 2 aliphatic heterocycles. The van der Waals surface area contributed by atoms with Crippen LogP contribution in [0.2, 0.25) is 0 Å². The third-order valence-electron chi connectivity index (χ3n) is 7.47. The van der Waals surface area contributed by atoms with Gasteiger partial charge in [0.25, 0.3) is 0 Å². The molecule has 3 heterocycles. The molecule has 0 radical (unpaired) electrons. The van der Waals surface area contributed by atoms with Crippen LogP contribution in [0.5, 0.6) is 0 Å². The molecule has 174 valence electrons. The van der Waals surface area contributed by atoms with Crippen molar-refractivity contribution >= 4 is 5.91 Å². The first-order chi connectivity index (χ1) is 15.5. The number of carbonyl (C=O) groups excluding carboxylic acids is 1. The van der Waals surface area contributed by atoms with E-state index >= 15 is 0 Å². The number of carbonyl (C=O) groups is 1. The van der Waals surface area contributed by atoms with Crippen molar-refractivity contribution in [1.82, 2.24) is 24.9 Å². The number of likely N-dealkylation sites (tertiary alicyclic amines) is 1. The van der Waals surface area contributed by atoms with Crippen molar-refractivity contribution in [3.05, 3.63) is 53.3 Å². The fourth-order valence-electron chi connectivity index (χ4n) is 5.49. The van der Waals surface area contributed by atoms with E-state index in [1.54, 1.807) is 0 Å². The molecule has 3 atom stereocenters. The van der Waals surface area contributed by atoms with Crippen LogP contribution in [-0.4, -0.2) is 57.7 Å². The molecule has 2 unspecified atom stereocenters. The molecule has 1 aromatic heterocycles. The van der Waals surface area contributed by atoms with Gasteiger partial charge in [0.1, 0.15) is 0 Å². The summed E-state index contributed by atoms with van der Waals surface area (Å²) in [6.07, 6.45) is 5.90. The third-order valence-corrected chi connectivity index (χ3v) is 7.47. The van der Waals surface area contributed by atoms with Crippen LogP contribution in [0.3, 0.4) is 0 Å². The van der Waals surface area contributed by atoms with Gasteiger partial charge in [0.05, 0.1) is 6.20 Å². The molecule has 0 saturated carbocycles. The van der Waals surface area contributed by atoms with Crippen molar-refractivity contribution in [3.8, 4) is 0 Å². The van der Waals surface area contributed by atoms with Crippen molar-refractivity contribution in [2.75, 3.05) is 26.2 Å². The van der Waals surface area contributed by atoms with Gasteiger partial charge in [0, 0.05) is 63.5 Å². The van der Waals surface area contributed by atoms with E-state index in [9.17, 15) is 4.79 Å². The minimum absolute atomic E-state index is 0.263. The van der Waals surface area contributed by atoms with Gasteiger partial charge in [-0.2, -0.15) is 5.10 Å². The molecule has 2 aromatic rings. The second kappa shape index (κ2) is 10.6. The number of hydrogen-bond donors (Lipinski definition) is 1. The van der Waals surface area contributed by atoms with Crippen LogP contribution in [0.15, 0.2) is 36.5 Å². The molecule has 0 spiro atoms. The maximum absolute atomic E-state index is 12.9. The largest absolute Gasteiger partial charge is 0.339 e. The van der Waals surface area contributed by atoms with Crippen molar-refractivity contribution in [2.24, 2.45) is 18.9 Å². The Morgan fingerprint density at radius 3 is 2.78 bits per heavy atom. The van der Waals surface area contributed by atoms with Crippen LogP contribution in [0.25, 0.3) is 0 Å². The van der Waals surface area contributed by atoms with Gasteiger partial charge >= 0.3 is 0 Å². The molecule has 6 heteroatoms. The summed E-state index contributed by atoms with van der Waals surface area (Å²) in [7, 11) is 1.95. The van der Waals surface area contributed by atoms with Gasteiger partial charge in [0.2, 0.25) is 5.91 Å². The van der Waals surface area contributed by atoms with Crippen molar-refractivity contribution < 1.29 is 4.79 Å². The minimum Gasteiger partial charge on any atom is -0.339 e. The van der Waals surface area contributed by atoms with Crippen LogP contribution in [0.4, 0.5) is 0 Å². The van der Waals surface area contributed by atoms with Crippen LogP contribution >= 0.6 is 0 Å². The maximum Gasteiger partial charge on any atom is 0.222 e. The molecular weight excluding hydrogens is 398 g/mol. The van der Waals surface area contributed by atoms with Crippen molar-refractivity contribution in [1.29, 1.82) is 0 Å². The fourth-order valence-corrected chi connectivity index (χ4v) is 5.49. The van der Waals surface area contributed by atoms with E-state index in [2.05, 4.69) is 59.5 Å². The first kappa shape index (κ1) is 23.0. The summed E-state index contributed by atoms with van der Waals surface area (Å²) in [5.41, 5.74) is 3.68. The lowest BCUT2D eigenvalue weighted by Gasteiger charge is -2.46. The van der Waals surface area contributed by atoms with E-state index < -0.39 is 0 Å². The Morgan fingerprint density at radius 1 is 1.25 bits per heavy atom. The van der Waals surface area contributed by atoms with E-state index in [0.29, 0.717) is 24.9 Å². The monoisotopic (exact) mass is 437 g/mol. The average molecular weight is 438 g/mol. The first-order valence-electron chi connectivity index (χ1n) is 12.3. The summed E-state index contributed by atoms with van der Waals surface area (Å²) < 4.78 is 1.88. The van der Waals surface area contributed by atoms with Crippen LogP contribution in [0, 0.1) is 18.8 Å². The maximum atomic E-state index is 12.9. The first-order valence-corrected chi connectivity index (χ1v) is 12.3. The molecule has 1 amide bonds. The lowest BCUT2D eigenvalue weighted by atomic mass is 9.79. The lowest BCUT2D eigenvalue weighted by Crippen LogP contribution is -2.55. The zero-order valence-corrected chi connectivity index (χ0v) is 20.0. The smallest absolute Gasteiger partial charge is 0.222 e. The fraction of sp³-hybridized carbons (Fsp3) is 0.615. The summed E-state index contributed by atoms with van der Waals surface area (Å²) in [6.45, 7) is 10.1. The van der Waals surface area contributed by atoms with Gasteiger partial charge in [-0.1, -0.05) is 30.3 Å². The zero-order valence-electron chi connectivity index (χ0n) is 20.0. The Morgan fingerprint density at radius 2 is 2.06 bits per heavy atom. The number of hydrogen-bond acceptors (Lipinski definition) is 4. The highest BCUT2D eigenvalue weighted by Gasteiger charge is 2.36. The molecule has 6 nitrogen and oxygen atoms in total. The normalized spacial score (nSPS) is 23.3. The Bertz CT molecular complexity index is 880. The van der Waals surface area contributed by atoms with Gasteiger partial charge in [-0.05, 0) is 57.1 Å². The lowest BCUT2D eigenvalue weighted by molar-refractivity contribution is -0.131. The molecule has 2 saturated heterocycles. The van der Waals surface area contributed by atoms with Crippen molar-refractivity contribution in [3.63, 3.8) is 0 Å². The Labute approximate surface area is 193 Å². The van der Waals surface area contributed by atoms with E-state index in [4.69, 9.17) is 0 Å². The van der Waals surface area contributed by atoms with Crippen LogP contribution < -0.4 is 5.32 Å². The average Bonchev–Trinajstić information content (AvgIpc) is 3.11. The Hall–Kier alpha value is -2.18. The van der Waals surface area contributed by atoms with Crippen molar-refractivity contribution in [2.45, 2.75) is 58.7 Å². The molecule has 2 bridgehead atoms. The van der Waals surface area contributed by atoms with Gasteiger partial charge in [-0.3, -0.25) is 14.4 Å². The van der Waals surface area contributed by atoms with Gasteiger partial charge in [-0.25, -0.2) is 0 Å². The minimum atomic E-state index is 0.263. The number of amides is 1. The summed E-state index contributed by atoms with van der Waals surface area (Å²) in [5, 5.41) is 8.12. The Balaban J connectivity index is 1.25. The van der Waals surface area contributed by atoms with Gasteiger partial charge in [-0.15, -0.1) is 0 Å². The number of aryl methyl sites for hydroxylation is 1. The number of nitrogens with one attached hydrogen (secondary N) is 1. The highest BCUT2D eigenvalue weighted by atomic mass is 16.2. The summed E-state index contributed by atoms with van der Waals surface area (Å²) >= 11 is 0. The molecule has 1 aromatic carbocycles. The van der Waals surface area contributed by atoms with E-state index in [1.165, 1.54) is 25.1 Å². The molecule has 0 aliphatic carbocycles. The molecule has 1 N–H and O–H groups in total. The molecule has 2 aliphatic rings. The highest BCUT2D eigenvalue weighted by Crippen LogP contribution is 2.31. The van der Waals surface area contributed by atoms with E-state index in [0.717, 1.165) is 49.7 Å². The predicted molar refractivity (Wildman–Crippen MR) is 128 cm³/mol. The summed E-state index contributed by atoms with van der Waals surface area (Å²) in [5.74, 6) is 1.72. The summed E-state index contributed by atoms with van der Waals surface area (Å²) in [6, 6.07) is 11.4. The van der Waals surface area contributed by atoms with Gasteiger partial charge in [0.15, 0.2) is 0 Å². The van der Waals surface area contributed by atoms with Crippen LogP contribution in [-0.2, 0) is 24.9 Å². The number of fused-ring (bicyclic) bond motifs is 2.